The fourth-order valence-corrected chi connectivity index (χ4v) is 3.13. The SMILES string of the molecule is COC(=O)c1ccc2nc(-c3cc4ccccc4o3)c(NC(C)C)cc2c1. The predicted octanol–water partition coefficient (Wildman–Crippen LogP) is 5.25. The van der Waals surface area contributed by atoms with Gasteiger partial charge in [0.2, 0.25) is 0 Å². The van der Waals surface area contributed by atoms with E-state index in [4.69, 9.17) is 14.1 Å². The third-order valence-electron chi connectivity index (χ3n) is 4.34. The Labute approximate surface area is 157 Å². The molecule has 0 aliphatic rings. The summed E-state index contributed by atoms with van der Waals surface area (Å²) in [6, 6.07) is 17.4. The van der Waals surface area contributed by atoms with Gasteiger partial charge in [0.05, 0.1) is 23.9 Å². The number of anilines is 1. The van der Waals surface area contributed by atoms with Gasteiger partial charge in [-0.25, -0.2) is 9.78 Å². The van der Waals surface area contributed by atoms with Crippen LogP contribution in [0, 0.1) is 0 Å². The van der Waals surface area contributed by atoms with Crippen LogP contribution in [0.2, 0.25) is 0 Å². The molecule has 0 atom stereocenters. The topological polar surface area (TPSA) is 64.4 Å². The number of hydrogen-bond acceptors (Lipinski definition) is 5. The second-order valence-electron chi connectivity index (χ2n) is 6.73. The van der Waals surface area contributed by atoms with Gasteiger partial charge in [0.1, 0.15) is 11.3 Å². The third-order valence-corrected chi connectivity index (χ3v) is 4.34. The van der Waals surface area contributed by atoms with E-state index < -0.39 is 0 Å². The zero-order valence-electron chi connectivity index (χ0n) is 15.4. The summed E-state index contributed by atoms with van der Waals surface area (Å²) < 4.78 is 10.8. The van der Waals surface area contributed by atoms with Gasteiger partial charge >= 0.3 is 5.97 Å². The lowest BCUT2D eigenvalue weighted by atomic mass is 10.1. The summed E-state index contributed by atoms with van der Waals surface area (Å²) in [5.41, 5.74) is 3.72. The van der Waals surface area contributed by atoms with Gasteiger partial charge in [0.15, 0.2) is 5.76 Å². The summed E-state index contributed by atoms with van der Waals surface area (Å²) in [6.45, 7) is 4.13. The molecule has 2 aromatic carbocycles. The van der Waals surface area contributed by atoms with Gasteiger partial charge in [-0.1, -0.05) is 18.2 Å². The first-order valence-electron chi connectivity index (χ1n) is 8.84. The van der Waals surface area contributed by atoms with Crippen molar-refractivity contribution < 1.29 is 13.9 Å². The minimum absolute atomic E-state index is 0.219. The van der Waals surface area contributed by atoms with E-state index in [-0.39, 0.29) is 12.0 Å². The van der Waals surface area contributed by atoms with E-state index in [2.05, 4.69) is 19.2 Å². The van der Waals surface area contributed by atoms with Crippen LogP contribution in [0.15, 0.2) is 59.0 Å². The summed E-state index contributed by atoms with van der Waals surface area (Å²) in [5.74, 6) is 0.343. The molecule has 0 aliphatic carbocycles. The summed E-state index contributed by atoms with van der Waals surface area (Å²) in [5, 5.41) is 5.33. The molecule has 0 fully saturated rings. The van der Waals surface area contributed by atoms with Crippen molar-refractivity contribution in [3.63, 3.8) is 0 Å². The zero-order valence-corrected chi connectivity index (χ0v) is 15.4. The fraction of sp³-hybridized carbons (Fsp3) is 0.182. The van der Waals surface area contributed by atoms with Crippen molar-refractivity contribution in [2.75, 3.05) is 12.4 Å². The lowest BCUT2D eigenvalue weighted by Gasteiger charge is -2.14. The van der Waals surface area contributed by atoms with Crippen molar-refractivity contribution in [2.45, 2.75) is 19.9 Å². The Balaban J connectivity index is 1.90. The number of esters is 1. The highest BCUT2D eigenvalue weighted by molar-refractivity contribution is 5.97. The Hall–Kier alpha value is -3.34. The van der Waals surface area contributed by atoms with Crippen molar-refractivity contribution in [1.82, 2.24) is 4.98 Å². The quantitative estimate of drug-likeness (QED) is 0.503. The minimum Gasteiger partial charge on any atom is -0.465 e. The number of rotatable bonds is 4. The third kappa shape index (κ3) is 3.24. The largest absolute Gasteiger partial charge is 0.465 e. The van der Waals surface area contributed by atoms with Gasteiger partial charge in [-0.2, -0.15) is 0 Å². The predicted molar refractivity (Wildman–Crippen MR) is 107 cm³/mol. The molecule has 0 spiro atoms. The van der Waals surface area contributed by atoms with Gasteiger partial charge in [0.25, 0.3) is 0 Å². The van der Waals surface area contributed by atoms with Crippen molar-refractivity contribution >= 4 is 33.5 Å². The number of benzene rings is 2. The summed E-state index contributed by atoms with van der Waals surface area (Å²) >= 11 is 0. The van der Waals surface area contributed by atoms with E-state index >= 15 is 0 Å². The molecule has 2 aromatic heterocycles. The average Bonchev–Trinajstić information content (AvgIpc) is 3.09. The lowest BCUT2D eigenvalue weighted by molar-refractivity contribution is 0.0601. The molecule has 0 amide bonds. The number of aromatic nitrogens is 1. The number of para-hydroxylation sites is 1. The lowest BCUT2D eigenvalue weighted by Crippen LogP contribution is -2.11. The highest BCUT2D eigenvalue weighted by atomic mass is 16.5. The number of ether oxygens (including phenoxy) is 1. The van der Waals surface area contributed by atoms with Crippen molar-refractivity contribution in [3.05, 3.63) is 60.2 Å². The van der Waals surface area contributed by atoms with Crippen molar-refractivity contribution in [2.24, 2.45) is 0 Å². The van der Waals surface area contributed by atoms with Crippen molar-refractivity contribution in [3.8, 4) is 11.5 Å². The Kier molecular flexibility index (Phi) is 4.28. The Bertz CT molecular complexity index is 1110. The standard InChI is InChI=1S/C22H20N2O3/c1-13(2)23-18-11-16-10-15(22(25)26-3)8-9-17(16)24-21(18)20-12-14-6-4-5-7-19(14)27-20/h4-13,23H,1-3H3. The van der Waals surface area contributed by atoms with Crippen LogP contribution in [-0.4, -0.2) is 24.1 Å². The number of fused-ring (bicyclic) bond motifs is 2. The fourth-order valence-electron chi connectivity index (χ4n) is 3.13. The molecule has 0 saturated carbocycles. The second-order valence-corrected chi connectivity index (χ2v) is 6.73. The van der Waals surface area contributed by atoms with Crippen LogP contribution in [0.5, 0.6) is 0 Å². The van der Waals surface area contributed by atoms with Gasteiger partial charge in [-0.3, -0.25) is 0 Å². The molecular formula is C22H20N2O3. The number of carbonyl (C=O) groups is 1. The van der Waals surface area contributed by atoms with Gasteiger partial charge in [-0.15, -0.1) is 0 Å². The molecule has 4 rings (SSSR count). The van der Waals surface area contributed by atoms with Crippen LogP contribution in [0.3, 0.4) is 0 Å². The Morgan fingerprint density at radius 1 is 1.07 bits per heavy atom. The number of pyridine rings is 1. The molecular weight excluding hydrogens is 340 g/mol. The number of nitrogens with zero attached hydrogens (tertiary/aromatic N) is 1. The molecule has 0 aliphatic heterocycles. The zero-order chi connectivity index (χ0) is 19.0. The number of carbonyl (C=O) groups excluding carboxylic acids is 1. The average molecular weight is 360 g/mol. The highest BCUT2D eigenvalue weighted by Crippen LogP contribution is 2.34. The number of hydrogen-bond donors (Lipinski definition) is 1. The summed E-state index contributed by atoms with van der Waals surface area (Å²) in [7, 11) is 1.38. The first-order chi connectivity index (χ1) is 13.0. The normalized spacial score (nSPS) is 11.3. The maximum atomic E-state index is 11.8. The number of furan rings is 1. The van der Waals surface area contributed by atoms with Crippen LogP contribution in [0.4, 0.5) is 5.69 Å². The Morgan fingerprint density at radius 3 is 2.63 bits per heavy atom. The molecule has 0 saturated heterocycles. The smallest absolute Gasteiger partial charge is 0.337 e. The number of methoxy groups -OCH3 is 1. The molecule has 1 N–H and O–H groups in total. The highest BCUT2D eigenvalue weighted by Gasteiger charge is 2.16. The maximum Gasteiger partial charge on any atom is 0.337 e. The first-order valence-corrected chi connectivity index (χ1v) is 8.84. The van der Waals surface area contributed by atoms with Crippen LogP contribution in [0.1, 0.15) is 24.2 Å². The first kappa shape index (κ1) is 17.1. The molecule has 0 unspecified atom stereocenters. The summed E-state index contributed by atoms with van der Waals surface area (Å²) in [6.07, 6.45) is 0. The van der Waals surface area contributed by atoms with Crippen LogP contribution >= 0.6 is 0 Å². The number of nitrogens with one attached hydrogen (secondary N) is 1. The van der Waals surface area contributed by atoms with Crippen LogP contribution in [0.25, 0.3) is 33.3 Å². The van der Waals surface area contributed by atoms with E-state index in [1.54, 1.807) is 12.1 Å². The van der Waals surface area contributed by atoms with Crippen LogP contribution < -0.4 is 5.32 Å². The second kappa shape index (κ2) is 6.76. The van der Waals surface area contributed by atoms with Gasteiger partial charge < -0.3 is 14.5 Å². The van der Waals surface area contributed by atoms with E-state index in [0.29, 0.717) is 11.3 Å². The minimum atomic E-state index is -0.364. The van der Waals surface area contributed by atoms with E-state index in [1.165, 1.54) is 7.11 Å². The molecule has 5 nitrogen and oxygen atoms in total. The van der Waals surface area contributed by atoms with E-state index in [0.717, 1.165) is 33.3 Å². The molecule has 0 bridgehead atoms. The molecule has 0 radical (unpaired) electrons. The molecule has 4 aromatic rings. The van der Waals surface area contributed by atoms with E-state index in [1.807, 2.05) is 42.5 Å². The summed E-state index contributed by atoms with van der Waals surface area (Å²) in [4.78, 5) is 16.6. The van der Waals surface area contributed by atoms with Gasteiger partial charge in [0, 0.05) is 16.8 Å². The molecule has 27 heavy (non-hydrogen) atoms. The monoisotopic (exact) mass is 360 g/mol. The molecule has 2 heterocycles. The van der Waals surface area contributed by atoms with Gasteiger partial charge in [-0.05, 0) is 50.2 Å². The van der Waals surface area contributed by atoms with Crippen LogP contribution in [-0.2, 0) is 4.74 Å². The van der Waals surface area contributed by atoms with Crippen molar-refractivity contribution in [1.29, 1.82) is 0 Å². The Morgan fingerprint density at radius 2 is 1.89 bits per heavy atom. The maximum absolute atomic E-state index is 11.8. The molecule has 5 heteroatoms. The molecule has 136 valence electrons. The van der Waals surface area contributed by atoms with E-state index in [9.17, 15) is 4.79 Å².